The number of hydrogen-bond donors (Lipinski definition) is 1. The number of non-ortho nitro benzene ring substituents is 1. The van der Waals surface area contributed by atoms with Crippen LogP contribution in [0.25, 0.3) is 11.3 Å². The minimum Gasteiger partial charge on any atom is -0.323 e. The van der Waals surface area contributed by atoms with Crippen molar-refractivity contribution in [2.45, 2.75) is 13.5 Å². The summed E-state index contributed by atoms with van der Waals surface area (Å²) in [5.41, 5.74) is 1.76. The fourth-order valence-electron chi connectivity index (χ4n) is 2.61. The predicted octanol–water partition coefficient (Wildman–Crippen LogP) is 2.64. The van der Waals surface area contributed by atoms with Gasteiger partial charge in [-0.3, -0.25) is 19.7 Å². The van der Waals surface area contributed by atoms with Gasteiger partial charge in [0.15, 0.2) is 0 Å². The van der Waals surface area contributed by atoms with Crippen molar-refractivity contribution in [3.63, 3.8) is 0 Å². The number of nitrogens with one attached hydrogen (secondary N) is 1. The van der Waals surface area contributed by atoms with Crippen molar-refractivity contribution in [2.24, 2.45) is 0 Å². The van der Waals surface area contributed by atoms with E-state index in [1.54, 1.807) is 12.1 Å². The molecule has 0 atom stereocenters. The predicted molar refractivity (Wildman–Crippen MR) is 105 cm³/mol. The highest BCUT2D eigenvalue weighted by Gasteiger charge is 2.14. The van der Waals surface area contributed by atoms with Crippen LogP contribution in [0.1, 0.15) is 11.1 Å². The number of aryl methyl sites for hydroxylation is 1. The Balaban J connectivity index is 1.82. The highest BCUT2D eigenvalue weighted by molar-refractivity contribution is 5.92. The molecule has 144 valence electrons. The minimum absolute atomic E-state index is 0.0544. The van der Waals surface area contributed by atoms with Crippen LogP contribution in [0.4, 0.5) is 11.4 Å². The van der Waals surface area contributed by atoms with E-state index in [0.717, 1.165) is 21.9 Å². The van der Waals surface area contributed by atoms with E-state index >= 15 is 0 Å². The van der Waals surface area contributed by atoms with Gasteiger partial charge in [0.1, 0.15) is 12.6 Å². The summed E-state index contributed by atoms with van der Waals surface area (Å²) in [6.45, 7) is 1.58. The molecular weight excluding hydrogens is 374 g/mol. The highest BCUT2D eigenvalue weighted by atomic mass is 16.6. The molecule has 3 rings (SSSR count). The van der Waals surface area contributed by atoms with Gasteiger partial charge in [-0.05, 0) is 19.1 Å². The molecule has 9 heteroatoms. The van der Waals surface area contributed by atoms with Gasteiger partial charge in [-0.2, -0.15) is 10.4 Å². The number of anilines is 1. The monoisotopic (exact) mass is 389 g/mol. The molecule has 9 nitrogen and oxygen atoms in total. The Kier molecular flexibility index (Phi) is 5.46. The first kappa shape index (κ1) is 19.4. The molecule has 0 bridgehead atoms. The van der Waals surface area contributed by atoms with Gasteiger partial charge < -0.3 is 5.32 Å². The normalized spacial score (nSPS) is 10.2. The number of nitrogens with zero attached hydrogens (tertiary/aromatic N) is 4. The number of amides is 1. The van der Waals surface area contributed by atoms with Crippen LogP contribution in [0, 0.1) is 28.4 Å². The van der Waals surface area contributed by atoms with Gasteiger partial charge in [-0.1, -0.05) is 29.8 Å². The van der Waals surface area contributed by atoms with Gasteiger partial charge in [-0.15, -0.1) is 0 Å². The topological polar surface area (TPSA) is 131 Å². The van der Waals surface area contributed by atoms with Gasteiger partial charge in [0.05, 0.1) is 21.9 Å². The van der Waals surface area contributed by atoms with E-state index in [1.807, 2.05) is 31.2 Å². The molecule has 0 unspecified atom stereocenters. The fraction of sp³-hybridized carbons (Fsp3) is 0.100. The van der Waals surface area contributed by atoms with Crippen molar-refractivity contribution in [3.05, 3.63) is 86.2 Å². The molecule has 1 aromatic heterocycles. The van der Waals surface area contributed by atoms with E-state index in [-0.39, 0.29) is 23.5 Å². The van der Waals surface area contributed by atoms with Crippen molar-refractivity contribution in [1.29, 1.82) is 5.26 Å². The zero-order valence-electron chi connectivity index (χ0n) is 15.3. The largest absolute Gasteiger partial charge is 0.323 e. The molecule has 0 aliphatic heterocycles. The number of carbonyl (C=O) groups is 1. The lowest BCUT2D eigenvalue weighted by Gasteiger charge is -2.09. The smallest absolute Gasteiger partial charge is 0.270 e. The summed E-state index contributed by atoms with van der Waals surface area (Å²) in [4.78, 5) is 34.6. The Morgan fingerprint density at radius 3 is 2.59 bits per heavy atom. The highest BCUT2D eigenvalue weighted by Crippen LogP contribution is 2.21. The second-order valence-corrected chi connectivity index (χ2v) is 6.23. The van der Waals surface area contributed by atoms with Crippen molar-refractivity contribution in [1.82, 2.24) is 9.78 Å². The second-order valence-electron chi connectivity index (χ2n) is 6.23. The van der Waals surface area contributed by atoms with E-state index in [1.165, 1.54) is 18.2 Å². The minimum atomic E-state index is -0.632. The molecule has 0 fully saturated rings. The van der Waals surface area contributed by atoms with Crippen LogP contribution in [-0.2, 0) is 11.3 Å². The number of rotatable bonds is 5. The van der Waals surface area contributed by atoms with E-state index in [0.29, 0.717) is 5.69 Å². The number of nitriles is 1. The lowest BCUT2D eigenvalue weighted by molar-refractivity contribution is -0.384. The van der Waals surface area contributed by atoms with Gasteiger partial charge in [0.2, 0.25) is 5.91 Å². The summed E-state index contributed by atoms with van der Waals surface area (Å²) >= 11 is 0. The summed E-state index contributed by atoms with van der Waals surface area (Å²) < 4.78 is 1.02. The molecule has 0 radical (unpaired) electrons. The average Bonchev–Trinajstić information content (AvgIpc) is 2.70. The first-order chi connectivity index (χ1) is 13.9. The maximum atomic E-state index is 12.4. The number of benzene rings is 2. The third-order valence-corrected chi connectivity index (χ3v) is 4.12. The Hall–Kier alpha value is -4.32. The molecule has 0 spiro atoms. The summed E-state index contributed by atoms with van der Waals surface area (Å²) in [5, 5.41) is 26.7. The molecule has 1 heterocycles. The number of carbonyl (C=O) groups excluding carboxylic acids is 1. The van der Waals surface area contributed by atoms with Gasteiger partial charge >= 0.3 is 0 Å². The molecule has 2 aromatic carbocycles. The number of nitro benzene ring substituents is 1. The number of hydrogen-bond acceptors (Lipinski definition) is 6. The Morgan fingerprint density at radius 2 is 1.93 bits per heavy atom. The molecule has 3 aromatic rings. The molecule has 1 amide bonds. The van der Waals surface area contributed by atoms with Gasteiger partial charge in [0, 0.05) is 23.8 Å². The zero-order chi connectivity index (χ0) is 21.0. The van der Waals surface area contributed by atoms with Crippen LogP contribution >= 0.6 is 0 Å². The van der Waals surface area contributed by atoms with Crippen LogP contribution in [-0.4, -0.2) is 20.6 Å². The molecule has 0 aliphatic rings. The third-order valence-electron chi connectivity index (χ3n) is 4.12. The number of nitro groups is 1. The second kappa shape index (κ2) is 8.14. The van der Waals surface area contributed by atoms with Crippen LogP contribution in [0.3, 0.4) is 0 Å². The van der Waals surface area contributed by atoms with Crippen molar-refractivity contribution in [3.8, 4) is 17.3 Å². The maximum Gasteiger partial charge on any atom is 0.270 e. The fourth-order valence-corrected chi connectivity index (χ4v) is 2.61. The molecular formula is C20H15N5O4. The lowest BCUT2D eigenvalue weighted by atomic mass is 10.1. The third kappa shape index (κ3) is 4.51. The molecule has 0 saturated carbocycles. The average molecular weight is 389 g/mol. The Morgan fingerprint density at radius 1 is 1.21 bits per heavy atom. The van der Waals surface area contributed by atoms with Crippen molar-refractivity contribution < 1.29 is 9.72 Å². The van der Waals surface area contributed by atoms with Crippen molar-refractivity contribution >= 4 is 17.3 Å². The van der Waals surface area contributed by atoms with Crippen LogP contribution in [0.5, 0.6) is 0 Å². The maximum absolute atomic E-state index is 12.4. The van der Waals surface area contributed by atoms with Crippen molar-refractivity contribution in [2.75, 3.05) is 5.32 Å². The molecule has 29 heavy (non-hydrogen) atoms. The van der Waals surface area contributed by atoms with E-state index < -0.39 is 16.4 Å². The summed E-state index contributed by atoms with van der Waals surface area (Å²) in [5.74, 6) is -0.592. The van der Waals surface area contributed by atoms with E-state index in [9.17, 15) is 19.7 Å². The Labute approximate surface area is 165 Å². The first-order valence-electron chi connectivity index (χ1n) is 8.51. The van der Waals surface area contributed by atoms with Crippen LogP contribution in [0.2, 0.25) is 0 Å². The molecule has 0 aliphatic carbocycles. The quantitative estimate of drug-likeness (QED) is 0.527. The standard InChI is InChI=1S/C20H15N5O4/c1-13-2-4-14(5-3-13)18-8-9-20(27)24(23-18)12-19(26)22-17-7-6-16(25(28)29)10-15(17)11-21/h2-10H,12H2,1H3,(H,22,26). The Bertz CT molecular complexity index is 1190. The van der Waals surface area contributed by atoms with Gasteiger partial charge in [0.25, 0.3) is 11.2 Å². The van der Waals surface area contributed by atoms with Gasteiger partial charge in [-0.25, -0.2) is 4.68 Å². The summed E-state index contributed by atoms with van der Waals surface area (Å²) in [6.07, 6.45) is 0. The lowest BCUT2D eigenvalue weighted by Crippen LogP contribution is -2.29. The summed E-state index contributed by atoms with van der Waals surface area (Å²) in [6, 6.07) is 15.8. The molecule has 1 N–H and O–H groups in total. The van der Waals surface area contributed by atoms with E-state index in [4.69, 9.17) is 5.26 Å². The van der Waals surface area contributed by atoms with Crippen LogP contribution < -0.4 is 10.9 Å². The summed E-state index contributed by atoms with van der Waals surface area (Å²) in [7, 11) is 0. The van der Waals surface area contributed by atoms with Crippen LogP contribution in [0.15, 0.2) is 59.4 Å². The number of aromatic nitrogens is 2. The zero-order valence-corrected chi connectivity index (χ0v) is 15.3. The SMILES string of the molecule is Cc1ccc(-c2ccc(=O)n(CC(=O)Nc3ccc([N+](=O)[O-])cc3C#N)n2)cc1. The molecule has 0 saturated heterocycles. The van der Waals surface area contributed by atoms with E-state index in [2.05, 4.69) is 10.4 Å². The first-order valence-corrected chi connectivity index (χ1v) is 8.51.